The lowest BCUT2D eigenvalue weighted by atomic mass is 9.95. The summed E-state index contributed by atoms with van der Waals surface area (Å²) in [6, 6.07) is 2.38. The molecule has 1 aromatic rings. The number of hydrogen-bond acceptors (Lipinski definition) is 3. The molecule has 0 spiro atoms. The van der Waals surface area contributed by atoms with E-state index in [4.69, 9.17) is 10.8 Å². The van der Waals surface area contributed by atoms with Crippen molar-refractivity contribution in [2.45, 2.75) is 12.5 Å². The topological polar surface area (TPSA) is 76.2 Å². The summed E-state index contributed by atoms with van der Waals surface area (Å²) in [5.41, 5.74) is 4.06. The molecule has 1 rings (SSSR count). The second kappa shape index (κ2) is 3.10. The van der Waals surface area contributed by atoms with E-state index in [-0.39, 0.29) is 5.56 Å². The second-order valence-electron chi connectivity index (χ2n) is 2.87. The van der Waals surface area contributed by atoms with Gasteiger partial charge >= 0.3 is 5.97 Å². The van der Waals surface area contributed by atoms with Crippen LogP contribution in [0, 0.1) is 5.95 Å². The second-order valence-corrected chi connectivity index (χ2v) is 2.87. The molecule has 3 N–H and O–H groups in total. The van der Waals surface area contributed by atoms with Crippen LogP contribution in [0.4, 0.5) is 4.39 Å². The van der Waals surface area contributed by atoms with E-state index in [1.807, 2.05) is 0 Å². The van der Waals surface area contributed by atoms with Crippen LogP contribution in [0.2, 0.25) is 0 Å². The van der Waals surface area contributed by atoms with Gasteiger partial charge in [0.15, 0.2) is 0 Å². The van der Waals surface area contributed by atoms with E-state index in [0.717, 1.165) is 6.07 Å². The van der Waals surface area contributed by atoms with E-state index >= 15 is 0 Å². The summed E-state index contributed by atoms with van der Waals surface area (Å²) < 4.78 is 12.6. The van der Waals surface area contributed by atoms with E-state index in [0.29, 0.717) is 0 Å². The molecule has 13 heavy (non-hydrogen) atoms. The van der Waals surface area contributed by atoms with Crippen molar-refractivity contribution in [1.29, 1.82) is 0 Å². The zero-order valence-electron chi connectivity index (χ0n) is 6.99. The van der Waals surface area contributed by atoms with E-state index in [9.17, 15) is 9.18 Å². The first-order chi connectivity index (χ1) is 5.94. The van der Waals surface area contributed by atoms with Gasteiger partial charge in [0.25, 0.3) is 0 Å². The Balaban J connectivity index is 3.14. The molecule has 0 saturated heterocycles. The number of aliphatic carboxylic acids is 1. The normalized spacial score (nSPS) is 15.0. The van der Waals surface area contributed by atoms with Gasteiger partial charge in [-0.2, -0.15) is 4.39 Å². The molecule has 0 aliphatic rings. The lowest BCUT2D eigenvalue weighted by molar-refractivity contribution is -0.143. The molecule has 1 heterocycles. The highest BCUT2D eigenvalue weighted by Gasteiger charge is 2.30. The first kappa shape index (κ1) is 9.60. The molecule has 0 aromatic carbocycles. The zero-order valence-corrected chi connectivity index (χ0v) is 6.99. The van der Waals surface area contributed by atoms with Gasteiger partial charge in [0.2, 0.25) is 5.95 Å². The number of carboxylic acids is 1. The molecule has 0 aliphatic heterocycles. The van der Waals surface area contributed by atoms with Crippen molar-refractivity contribution in [3.8, 4) is 0 Å². The quantitative estimate of drug-likeness (QED) is 0.655. The number of carboxylic acid groups (broad SMARTS) is 1. The Kier molecular flexibility index (Phi) is 2.29. The van der Waals surface area contributed by atoms with Gasteiger partial charge < -0.3 is 10.8 Å². The van der Waals surface area contributed by atoms with Gasteiger partial charge in [-0.05, 0) is 24.6 Å². The Hall–Kier alpha value is -1.49. The molecule has 0 saturated carbocycles. The number of rotatable bonds is 2. The molecule has 0 bridgehead atoms. The van der Waals surface area contributed by atoms with Gasteiger partial charge in [-0.15, -0.1) is 0 Å². The Labute approximate surface area is 74.2 Å². The lowest BCUT2D eigenvalue weighted by Crippen LogP contribution is -2.41. The van der Waals surface area contributed by atoms with Gasteiger partial charge in [-0.25, -0.2) is 9.78 Å². The molecule has 0 amide bonds. The number of nitrogens with zero attached hydrogens (tertiary/aromatic N) is 1. The van der Waals surface area contributed by atoms with Gasteiger partial charge in [0, 0.05) is 6.20 Å². The molecule has 0 unspecified atom stereocenters. The van der Waals surface area contributed by atoms with Crippen molar-refractivity contribution in [3.63, 3.8) is 0 Å². The number of aromatic nitrogens is 1. The lowest BCUT2D eigenvalue weighted by Gasteiger charge is -2.18. The largest absolute Gasteiger partial charge is 0.480 e. The molecule has 1 aromatic heterocycles. The van der Waals surface area contributed by atoms with E-state index < -0.39 is 17.5 Å². The van der Waals surface area contributed by atoms with Crippen LogP contribution in [-0.4, -0.2) is 16.1 Å². The van der Waals surface area contributed by atoms with Gasteiger partial charge in [0.1, 0.15) is 5.54 Å². The number of pyridine rings is 1. The smallest absolute Gasteiger partial charge is 0.328 e. The number of halogens is 1. The molecule has 0 aliphatic carbocycles. The third-order valence-electron chi connectivity index (χ3n) is 1.77. The van der Waals surface area contributed by atoms with Crippen molar-refractivity contribution in [2.24, 2.45) is 5.73 Å². The molecule has 1 atom stereocenters. The Bertz CT molecular complexity index is 339. The zero-order chi connectivity index (χ0) is 10.1. The van der Waals surface area contributed by atoms with Crippen molar-refractivity contribution in [3.05, 3.63) is 29.8 Å². The minimum Gasteiger partial charge on any atom is -0.480 e. The molecular formula is C8H9FN2O2. The van der Waals surface area contributed by atoms with E-state index in [1.54, 1.807) is 0 Å². The van der Waals surface area contributed by atoms with E-state index in [2.05, 4.69) is 4.98 Å². The molecule has 0 radical (unpaired) electrons. The highest BCUT2D eigenvalue weighted by Crippen LogP contribution is 2.17. The first-order valence-electron chi connectivity index (χ1n) is 3.59. The van der Waals surface area contributed by atoms with Crippen molar-refractivity contribution in [1.82, 2.24) is 4.98 Å². The fourth-order valence-corrected chi connectivity index (χ4v) is 0.849. The molecule has 4 nitrogen and oxygen atoms in total. The van der Waals surface area contributed by atoms with Crippen molar-refractivity contribution >= 4 is 5.97 Å². The van der Waals surface area contributed by atoms with Crippen LogP contribution in [0.25, 0.3) is 0 Å². The standard InChI is InChI=1S/C8H9FN2O2/c1-8(10,7(12)13)5-2-3-11-6(9)4-5/h2-4H,10H2,1H3,(H,12,13)/t8-/m0/s1. The maximum absolute atomic E-state index is 12.6. The van der Waals surface area contributed by atoms with Gasteiger partial charge in [-0.3, -0.25) is 0 Å². The van der Waals surface area contributed by atoms with Crippen LogP contribution in [0.5, 0.6) is 0 Å². The minimum atomic E-state index is -1.58. The Morgan fingerprint density at radius 2 is 2.38 bits per heavy atom. The van der Waals surface area contributed by atoms with Gasteiger partial charge in [0.05, 0.1) is 0 Å². The van der Waals surface area contributed by atoms with Crippen LogP contribution in [0.1, 0.15) is 12.5 Å². The van der Waals surface area contributed by atoms with Crippen LogP contribution < -0.4 is 5.73 Å². The summed E-state index contributed by atoms with van der Waals surface area (Å²) in [7, 11) is 0. The SMILES string of the molecule is C[C@@](N)(C(=O)O)c1ccnc(F)c1. The molecular weight excluding hydrogens is 175 g/mol. The summed E-state index contributed by atoms with van der Waals surface area (Å²) >= 11 is 0. The fraction of sp³-hybridized carbons (Fsp3) is 0.250. The number of carbonyl (C=O) groups is 1. The van der Waals surface area contributed by atoms with Crippen LogP contribution in [-0.2, 0) is 10.3 Å². The highest BCUT2D eigenvalue weighted by atomic mass is 19.1. The summed E-state index contributed by atoms with van der Waals surface area (Å²) in [5.74, 6) is -1.95. The Morgan fingerprint density at radius 1 is 1.77 bits per heavy atom. The maximum atomic E-state index is 12.6. The summed E-state index contributed by atoms with van der Waals surface area (Å²) in [4.78, 5) is 14.0. The first-order valence-corrected chi connectivity index (χ1v) is 3.59. The summed E-state index contributed by atoms with van der Waals surface area (Å²) in [6.07, 6.45) is 1.18. The van der Waals surface area contributed by atoms with Gasteiger partial charge in [-0.1, -0.05) is 0 Å². The summed E-state index contributed by atoms with van der Waals surface area (Å²) in [5, 5.41) is 8.72. The third kappa shape index (κ3) is 1.81. The summed E-state index contributed by atoms with van der Waals surface area (Å²) in [6.45, 7) is 1.30. The van der Waals surface area contributed by atoms with E-state index in [1.165, 1.54) is 19.2 Å². The maximum Gasteiger partial charge on any atom is 0.328 e. The average Bonchev–Trinajstić information content (AvgIpc) is 2.04. The van der Waals surface area contributed by atoms with Crippen LogP contribution in [0.3, 0.4) is 0 Å². The average molecular weight is 184 g/mol. The predicted octanol–water partition coefficient (Wildman–Crippen LogP) is 0.479. The molecule has 5 heteroatoms. The number of hydrogen-bond donors (Lipinski definition) is 2. The highest BCUT2D eigenvalue weighted by molar-refractivity contribution is 5.79. The third-order valence-corrected chi connectivity index (χ3v) is 1.77. The predicted molar refractivity (Wildman–Crippen MR) is 43.4 cm³/mol. The Morgan fingerprint density at radius 3 is 2.85 bits per heavy atom. The fourth-order valence-electron chi connectivity index (χ4n) is 0.849. The van der Waals surface area contributed by atoms with Crippen molar-refractivity contribution in [2.75, 3.05) is 0 Å². The molecule has 70 valence electrons. The van der Waals surface area contributed by atoms with Crippen LogP contribution in [0.15, 0.2) is 18.3 Å². The van der Waals surface area contributed by atoms with Crippen molar-refractivity contribution < 1.29 is 14.3 Å². The monoisotopic (exact) mass is 184 g/mol. The minimum absolute atomic E-state index is 0.188. The molecule has 0 fully saturated rings. The number of nitrogens with two attached hydrogens (primary N) is 1. The van der Waals surface area contributed by atoms with Crippen LogP contribution >= 0.6 is 0 Å².